The molecule has 0 unspecified atom stereocenters. The Bertz CT molecular complexity index is 768. The van der Waals surface area contributed by atoms with Crippen molar-refractivity contribution < 1.29 is 9.59 Å². The summed E-state index contributed by atoms with van der Waals surface area (Å²) in [6.07, 6.45) is 4.43. The van der Waals surface area contributed by atoms with Crippen molar-refractivity contribution in [3.63, 3.8) is 0 Å². The zero-order valence-corrected chi connectivity index (χ0v) is 14.7. The van der Waals surface area contributed by atoms with Crippen molar-refractivity contribution in [3.8, 4) is 0 Å². The molecule has 0 saturated heterocycles. The molecule has 134 valence electrons. The molecule has 0 spiro atoms. The van der Waals surface area contributed by atoms with Gasteiger partial charge in [-0.3, -0.25) is 9.59 Å². The van der Waals surface area contributed by atoms with Crippen molar-refractivity contribution in [2.75, 3.05) is 0 Å². The van der Waals surface area contributed by atoms with Gasteiger partial charge in [0, 0.05) is 6.04 Å². The van der Waals surface area contributed by atoms with Crippen molar-refractivity contribution in [2.24, 2.45) is 5.10 Å². The monoisotopic (exact) mass is 349 g/mol. The third kappa shape index (κ3) is 5.55. The predicted octanol–water partition coefficient (Wildman–Crippen LogP) is 2.81. The SMILES string of the molecule is O=C(N/N=C(\CCCc1ccccc1)c1ccccc1)C(=O)NC1CC1. The molecule has 1 fully saturated rings. The minimum Gasteiger partial charge on any atom is -0.345 e. The van der Waals surface area contributed by atoms with Crippen molar-refractivity contribution in [1.82, 2.24) is 10.7 Å². The predicted molar refractivity (Wildman–Crippen MR) is 102 cm³/mol. The fourth-order valence-corrected chi connectivity index (χ4v) is 2.65. The Hall–Kier alpha value is -2.95. The van der Waals surface area contributed by atoms with E-state index in [1.807, 2.05) is 48.5 Å². The summed E-state index contributed by atoms with van der Waals surface area (Å²) in [7, 11) is 0. The normalized spacial score (nSPS) is 13.9. The fraction of sp³-hybridized carbons (Fsp3) is 0.286. The lowest BCUT2D eigenvalue weighted by Crippen LogP contribution is -2.39. The Kier molecular flexibility index (Phi) is 6.14. The molecule has 5 heteroatoms. The number of aryl methyl sites for hydroxylation is 1. The van der Waals surface area contributed by atoms with Gasteiger partial charge in [-0.15, -0.1) is 0 Å². The highest BCUT2D eigenvalue weighted by atomic mass is 16.2. The quantitative estimate of drug-likeness (QED) is 0.458. The molecule has 0 aliphatic heterocycles. The van der Waals surface area contributed by atoms with Crippen LogP contribution in [0.25, 0.3) is 0 Å². The summed E-state index contributed by atoms with van der Waals surface area (Å²) in [5.41, 5.74) is 5.39. The first-order valence-corrected chi connectivity index (χ1v) is 8.99. The number of rotatable bonds is 7. The van der Waals surface area contributed by atoms with Crippen LogP contribution in [0.4, 0.5) is 0 Å². The van der Waals surface area contributed by atoms with Gasteiger partial charge in [-0.25, -0.2) is 5.43 Å². The smallest absolute Gasteiger partial charge is 0.329 e. The average molecular weight is 349 g/mol. The number of hydrogen-bond acceptors (Lipinski definition) is 3. The van der Waals surface area contributed by atoms with Gasteiger partial charge < -0.3 is 5.32 Å². The molecule has 1 aliphatic rings. The lowest BCUT2D eigenvalue weighted by atomic mass is 10.0. The Morgan fingerprint density at radius 3 is 2.23 bits per heavy atom. The molecule has 1 aliphatic carbocycles. The van der Waals surface area contributed by atoms with Gasteiger partial charge in [0.25, 0.3) is 0 Å². The number of hydrogen-bond donors (Lipinski definition) is 2. The van der Waals surface area contributed by atoms with Crippen LogP contribution in [0.1, 0.15) is 36.8 Å². The van der Waals surface area contributed by atoms with E-state index in [2.05, 4.69) is 28.0 Å². The molecule has 0 bridgehead atoms. The highest BCUT2D eigenvalue weighted by Gasteiger charge is 2.26. The van der Waals surface area contributed by atoms with E-state index in [1.54, 1.807) is 0 Å². The molecule has 2 amide bonds. The number of benzene rings is 2. The van der Waals surface area contributed by atoms with E-state index >= 15 is 0 Å². The van der Waals surface area contributed by atoms with Crippen molar-refractivity contribution in [1.29, 1.82) is 0 Å². The van der Waals surface area contributed by atoms with E-state index in [4.69, 9.17) is 0 Å². The second-order valence-corrected chi connectivity index (χ2v) is 6.45. The molecular formula is C21H23N3O2. The first kappa shape index (κ1) is 17.9. The van der Waals surface area contributed by atoms with Gasteiger partial charge in [0.1, 0.15) is 0 Å². The molecule has 3 rings (SSSR count). The van der Waals surface area contributed by atoms with Gasteiger partial charge in [-0.05, 0) is 43.2 Å². The topological polar surface area (TPSA) is 70.6 Å². The number of nitrogens with zero attached hydrogens (tertiary/aromatic N) is 1. The van der Waals surface area contributed by atoms with E-state index in [9.17, 15) is 9.59 Å². The molecule has 0 heterocycles. The number of hydrazone groups is 1. The second-order valence-electron chi connectivity index (χ2n) is 6.45. The van der Waals surface area contributed by atoms with E-state index in [0.29, 0.717) is 6.42 Å². The van der Waals surface area contributed by atoms with Crippen LogP contribution in [-0.2, 0) is 16.0 Å². The lowest BCUT2D eigenvalue weighted by Gasteiger charge is -2.08. The molecule has 5 nitrogen and oxygen atoms in total. The van der Waals surface area contributed by atoms with Gasteiger partial charge in [0.2, 0.25) is 0 Å². The minimum absolute atomic E-state index is 0.150. The van der Waals surface area contributed by atoms with Gasteiger partial charge in [-0.1, -0.05) is 60.7 Å². The van der Waals surface area contributed by atoms with Gasteiger partial charge in [0.05, 0.1) is 5.71 Å². The summed E-state index contributed by atoms with van der Waals surface area (Å²) in [5, 5.41) is 6.89. The van der Waals surface area contributed by atoms with Crippen molar-refractivity contribution in [2.45, 2.75) is 38.1 Å². The maximum atomic E-state index is 11.9. The molecule has 2 aromatic carbocycles. The lowest BCUT2D eigenvalue weighted by molar-refractivity contribution is -0.139. The van der Waals surface area contributed by atoms with Crippen LogP contribution in [0, 0.1) is 0 Å². The minimum atomic E-state index is -0.714. The number of nitrogens with one attached hydrogen (secondary N) is 2. The Balaban J connectivity index is 1.60. The van der Waals surface area contributed by atoms with E-state index in [-0.39, 0.29) is 6.04 Å². The van der Waals surface area contributed by atoms with E-state index in [1.165, 1.54) is 5.56 Å². The zero-order chi connectivity index (χ0) is 18.2. The van der Waals surface area contributed by atoms with Crippen molar-refractivity contribution in [3.05, 3.63) is 71.8 Å². The largest absolute Gasteiger partial charge is 0.345 e. The summed E-state index contributed by atoms with van der Waals surface area (Å²) >= 11 is 0. The van der Waals surface area contributed by atoms with Crippen LogP contribution >= 0.6 is 0 Å². The first-order chi connectivity index (χ1) is 12.7. The number of carbonyl (C=O) groups is 2. The Morgan fingerprint density at radius 2 is 1.58 bits per heavy atom. The van der Waals surface area contributed by atoms with Crippen LogP contribution < -0.4 is 10.7 Å². The summed E-state index contributed by atoms with van der Waals surface area (Å²) in [6, 6.07) is 20.1. The molecular weight excluding hydrogens is 326 g/mol. The molecule has 0 radical (unpaired) electrons. The third-order valence-corrected chi connectivity index (χ3v) is 4.24. The van der Waals surface area contributed by atoms with Gasteiger partial charge >= 0.3 is 11.8 Å². The van der Waals surface area contributed by atoms with Crippen LogP contribution in [-0.4, -0.2) is 23.6 Å². The van der Waals surface area contributed by atoms with Crippen LogP contribution in [0.3, 0.4) is 0 Å². The van der Waals surface area contributed by atoms with Gasteiger partial charge in [0.15, 0.2) is 0 Å². The molecule has 0 aromatic heterocycles. The summed E-state index contributed by atoms with van der Waals surface area (Å²) in [6.45, 7) is 0. The highest BCUT2D eigenvalue weighted by Crippen LogP contribution is 2.18. The van der Waals surface area contributed by atoms with Gasteiger partial charge in [-0.2, -0.15) is 5.10 Å². The van der Waals surface area contributed by atoms with Crippen LogP contribution in [0.5, 0.6) is 0 Å². The highest BCUT2D eigenvalue weighted by molar-refractivity contribution is 6.35. The fourth-order valence-electron chi connectivity index (χ4n) is 2.65. The summed E-state index contributed by atoms with van der Waals surface area (Å²) in [4.78, 5) is 23.7. The number of carbonyl (C=O) groups excluding carboxylic acids is 2. The van der Waals surface area contributed by atoms with Crippen molar-refractivity contribution >= 4 is 17.5 Å². The Labute approximate surface area is 153 Å². The van der Waals surface area contributed by atoms with Crippen LogP contribution in [0.2, 0.25) is 0 Å². The standard InChI is InChI=1S/C21H23N3O2/c25-20(22-18-14-15-18)21(26)24-23-19(17-11-5-2-6-12-17)13-7-10-16-8-3-1-4-9-16/h1-6,8-9,11-12,18H,7,10,13-15H2,(H,22,25)(H,24,26)/b23-19+. The molecule has 1 saturated carbocycles. The maximum absolute atomic E-state index is 11.9. The Morgan fingerprint density at radius 1 is 0.923 bits per heavy atom. The molecule has 0 atom stereocenters. The maximum Gasteiger partial charge on any atom is 0.329 e. The molecule has 2 aromatic rings. The summed E-state index contributed by atoms with van der Waals surface area (Å²) < 4.78 is 0. The third-order valence-electron chi connectivity index (χ3n) is 4.24. The second kappa shape index (κ2) is 8.94. The van der Waals surface area contributed by atoms with E-state index < -0.39 is 11.8 Å². The number of amides is 2. The average Bonchev–Trinajstić information content (AvgIpc) is 3.49. The molecule has 2 N–H and O–H groups in total. The van der Waals surface area contributed by atoms with E-state index in [0.717, 1.165) is 37.0 Å². The first-order valence-electron chi connectivity index (χ1n) is 8.99. The van der Waals surface area contributed by atoms with Crippen LogP contribution in [0.15, 0.2) is 65.8 Å². The molecule has 26 heavy (non-hydrogen) atoms. The zero-order valence-electron chi connectivity index (χ0n) is 14.7. The summed E-state index contributed by atoms with van der Waals surface area (Å²) in [5.74, 6) is -1.33.